The Morgan fingerprint density at radius 1 is 1.26 bits per heavy atom. The van der Waals surface area contributed by atoms with E-state index in [1.807, 2.05) is 31.2 Å². The molecule has 0 atom stereocenters. The number of aryl methyl sites for hydroxylation is 1. The SMILES string of the molecule is CCCc1ccc(OCC(=O)N(CC)CCO)cc1. The molecule has 0 saturated heterocycles. The minimum atomic E-state index is -0.103. The predicted molar refractivity (Wildman–Crippen MR) is 75.3 cm³/mol. The van der Waals surface area contributed by atoms with Crippen molar-refractivity contribution in [2.75, 3.05) is 26.3 Å². The van der Waals surface area contributed by atoms with Crippen LogP contribution < -0.4 is 4.74 Å². The van der Waals surface area contributed by atoms with E-state index in [0.717, 1.165) is 12.8 Å². The number of likely N-dealkylation sites (N-methyl/N-ethyl adjacent to an activating group) is 1. The number of aliphatic hydroxyl groups is 1. The van der Waals surface area contributed by atoms with Crippen LogP contribution in [0.1, 0.15) is 25.8 Å². The number of hydrogen-bond acceptors (Lipinski definition) is 3. The first-order valence-electron chi connectivity index (χ1n) is 6.81. The Hall–Kier alpha value is -1.55. The first-order valence-corrected chi connectivity index (χ1v) is 6.81. The average molecular weight is 265 g/mol. The Morgan fingerprint density at radius 2 is 1.95 bits per heavy atom. The van der Waals surface area contributed by atoms with Gasteiger partial charge in [0.1, 0.15) is 5.75 Å². The fraction of sp³-hybridized carbons (Fsp3) is 0.533. The molecular formula is C15H23NO3. The van der Waals surface area contributed by atoms with E-state index in [0.29, 0.717) is 18.8 Å². The molecule has 1 aromatic carbocycles. The predicted octanol–water partition coefficient (Wildman–Crippen LogP) is 1.86. The van der Waals surface area contributed by atoms with E-state index < -0.39 is 0 Å². The molecule has 0 bridgehead atoms. The van der Waals surface area contributed by atoms with Crippen molar-refractivity contribution in [3.05, 3.63) is 29.8 Å². The van der Waals surface area contributed by atoms with Gasteiger partial charge < -0.3 is 14.7 Å². The van der Waals surface area contributed by atoms with Crippen LogP contribution in [0.25, 0.3) is 0 Å². The maximum Gasteiger partial charge on any atom is 0.260 e. The second-order valence-corrected chi connectivity index (χ2v) is 4.38. The molecule has 0 spiro atoms. The monoisotopic (exact) mass is 265 g/mol. The molecule has 1 rings (SSSR count). The Kier molecular flexibility index (Phi) is 6.97. The van der Waals surface area contributed by atoms with Crippen molar-refractivity contribution in [2.45, 2.75) is 26.7 Å². The molecule has 0 fully saturated rings. The summed E-state index contributed by atoms with van der Waals surface area (Å²) in [6.45, 7) is 4.95. The molecule has 0 radical (unpaired) electrons. The van der Waals surface area contributed by atoms with Gasteiger partial charge in [-0.25, -0.2) is 0 Å². The number of carbonyl (C=O) groups is 1. The van der Waals surface area contributed by atoms with Gasteiger partial charge in [0.25, 0.3) is 5.91 Å². The summed E-state index contributed by atoms with van der Waals surface area (Å²) in [4.78, 5) is 13.4. The van der Waals surface area contributed by atoms with Crippen LogP contribution in [-0.2, 0) is 11.2 Å². The molecule has 4 nitrogen and oxygen atoms in total. The molecular weight excluding hydrogens is 242 g/mol. The van der Waals surface area contributed by atoms with Crippen molar-refractivity contribution in [3.8, 4) is 5.75 Å². The summed E-state index contributed by atoms with van der Waals surface area (Å²) in [6.07, 6.45) is 2.17. The largest absolute Gasteiger partial charge is 0.484 e. The zero-order chi connectivity index (χ0) is 14.1. The molecule has 0 heterocycles. The van der Waals surface area contributed by atoms with Gasteiger partial charge in [0.2, 0.25) is 0 Å². The lowest BCUT2D eigenvalue weighted by atomic mass is 10.1. The zero-order valence-electron chi connectivity index (χ0n) is 11.8. The molecule has 19 heavy (non-hydrogen) atoms. The van der Waals surface area contributed by atoms with Gasteiger partial charge in [-0.3, -0.25) is 4.79 Å². The third-order valence-electron chi connectivity index (χ3n) is 2.93. The number of hydrogen-bond donors (Lipinski definition) is 1. The smallest absolute Gasteiger partial charge is 0.260 e. The zero-order valence-corrected chi connectivity index (χ0v) is 11.8. The van der Waals surface area contributed by atoms with Crippen LogP contribution in [-0.4, -0.2) is 42.2 Å². The number of ether oxygens (including phenoxy) is 1. The maximum absolute atomic E-state index is 11.8. The standard InChI is InChI=1S/C15H23NO3/c1-3-5-13-6-8-14(9-7-13)19-12-15(18)16(4-2)10-11-17/h6-9,17H,3-5,10-12H2,1-2H3. The van der Waals surface area contributed by atoms with Crippen molar-refractivity contribution >= 4 is 5.91 Å². The summed E-state index contributed by atoms with van der Waals surface area (Å²) in [5, 5.41) is 8.85. The van der Waals surface area contributed by atoms with Gasteiger partial charge in [-0.05, 0) is 31.0 Å². The summed E-state index contributed by atoms with van der Waals surface area (Å²) in [5.74, 6) is 0.599. The number of amides is 1. The van der Waals surface area contributed by atoms with Crippen molar-refractivity contribution in [3.63, 3.8) is 0 Å². The van der Waals surface area contributed by atoms with Crippen LogP contribution in [0, 0.1) is 0 Å². The minimum absolute atomic E-state index is 0.0148. The fourth-order valence-electron chi connectivity index (χ4n) is 1.86. The van der Waals surface area contributed by atoms with E-state index in [1.54, 1.807) is 4.90 Å². The molecule has 0 aliphatic heterocycles. The van der Waals surface area contributed by atoms with Crippen LogP contribution in [0.4, 0.5) is 0 Å². The first-order chi connectivity index (χ1) is 9.21. The number of nitrogens with zero attached hydrogens (tertiary/aromatic N) is 1. The molecule has 1 N–H and O–H groups in total. The second-order valence-electron chi connectivity index (χ2n) is 4.38. The van der Waals surface area contributed by atoms with Gasteiger partial charge >= 0.3 is 0 Å². The van der Waals surface area contributed by atoms with Crippen molar-refractivity contribution in [1.82, 2.24) is 4.90 Å². The van der Waals surface area contributed by atoms with Crippen LogP contribution in [0.15, 0.2) is 24.3 Å². The third-order valence-corrected chi connectivity index (χ3v) is 2.93. The lowest BCUT2D eigenvalue weighted by molar-refractivity contribution is -0.133. The molecule has 1 amide bonds. The lowest BCUT2D eigenvalue weighted by Crippen LogP contribution is -2.36. The summed E-state index contributed by atoms with van der Waals surface area (Å²) in [5.41, 5.74) is 1.27. The number of benzene rings is 1. The van der Waals surface area contributed by atoms with E-state index in [1.165, 1.54) is 5.56 Å². The Morgan fingerprint density at radius 3 is 2.47 bits per heavy atom. The van der Waals surface area contributed by atoms with E-state index >= 15 is 0 Å². The molecule has 1 aromatic rings. The van der Waals surface area contributed by atoms with Gasteiger partial charge in [-0.15, -0.1) is 0 Å². The highest BCUT2D eigenvalue weighted by molar-refractivity contribution is 5.77. The maximum atomic E-state index is 11.8. The van der Waals surface area contributed by atoms with E-state index in [4.69, 9.17) is 9.84 Å². The Balaban J connectivity index is 2.45. The van der Waals surface area contributed by atoms with Crippen LogP contribution in [0.5, 0.6) is 5.75 Å². The fourth-order valence-corrected chi connectivity index (χ4v) is 1.86. The van der Waals surface area contributed by atoms with Gasteiger partial charge in [-0.2, -0.15) is 0 Å². The van der Waals surface area contributed by atoms with Crippen LogP contribution in [0.2, 0.25) is 0 Å². The lowest BCUT2D eigenvalue weighted by Gasteiger charge is -2.19. The summed E-state index contributed by atoms with van der Waals surface area (Å²) in [6, 6.07) is 7.82. The average Bonchev–Trinajstić information content (AvgIpc) is 2.44. The topological polar surface area (TPSA) is 49.8 Å². The second kappa shape index (κ2) is 8.53. The summed E-state index contributed by atoms with van der Waals surface area (Å²) in [7, 11) is 0. The number of rotatable bonds is 8. The van der Waals surface area contributed by atoms with Crippen LogP contribution >= 0.6 is 0 Å². The molecule has 0 saturated carbocycles. The molecule has 0 unspecified atom stereocenters. The highest BCUT2D eigenvalue weighted by Gasteiger charge is 2.11. The highest BCUT2D eigenvalue weighted by Crippen LogP contribution is 2.13. The highest BCUT2D eigenvalue weighted by atomic mass is 16.5. The quantitative estimate of drug-likeness (QED) is 0.780. The van der Waals surface area contributed by atoms with Crippen molar-refractivity contribution in [2.24, 2.45) is 0 Å². The normalized spacial score (nSPS) is 10.3. The molecule has 106 valence electrons. The van der Waals surface area contributed by atoms with Crippen molar-refractivity contribution < 1.29 is 14.6 Å². The van der Waals surface area contributed by atoms with E-state index in [2.05, 4.69) is 6.92 Å². The van der Waals surface area contributed by atoms with Gasteiger partial charge in [0.15, 0.2) is 6.61 Å². The summed E-state index contributed by atoms with van der Waals surface area (Å²) < 4.78 is 5.46. The first kappa shape index (κ1) is 15.5. The van der Waals surface area contributed by atoms with Gasteiger partial charge in [-0.1, -0.05) is 25.5 Å². The summed E-state index contributed by atoms with van der Waals surface area (Å²) >= 11 is 0. The van der Waals surface area contributed by atoms with Gasteiger partial charge in [0.05, 0.1) is 6.61 Å². The Labute approximate surface area is 115 Å². The molecule has 4 heteroatoms. The van der Waals surface area contributed by atoms with E-state index in [9.17, 15) is 4.79 Å². The van der Waals surface area contributed by atoms with Crippen molar-refractivity contribution in [1.29, 1.82) is 0 Å². The minimum Gasteiger partial charge on any atom is -0.484 e. The molecule has 0 aromatic heterocycles. The van der Waals surface area contributed by atoms with Crippen LogP contribution in [0.3, 0.4) is 0 Å². The molecule has 0 aliphatic rings. The number of carbonyl (C=O) groups excluding carboxylic acids is 1. The van der Waals surface area contributed by atoms with E-state index in [-0.39, 0.29) is 19.1 Å². The Bertz CT molecular complexity index is 375. The number of aliphatic hydroxyl groups excluding tert-OH is 1. The third kappa shape index (κ3) is 5.30. The van der Waals surface area contributed by atoms with Gasteiger partial charge in [0, 0.05) is 13.1 Å². The molecule has 0 aliphatic carbocycles.